The smallest absolute Gasteiger partial charge is 0.145 e. The van der Waals surface area contributed by atoms with Crippen LogP contribution in [0.3, 0.4) is 0 Å². The average molecular weight is 254 g/mol. The molecule has 1 saturated heterocycles. The fourth-order valence-electron chi connectivity index (χ4n) is 2.72. The molecule has 1 aromatic carbocycles. The molecular formula is C16H18N2O. The summed E-state index contributed by atoms with van der Waals surface area (Å²) in [5, 5.41) is 3.55. The summed E-state index contributed by atoms with van der Waals surface area (Å²) in [6.07, 6.45) is 4.24. The van der Waals surface area contributed by atoms with Crippen LogP contribution in [0.5, 0.6) is 5.75 Å². The molecule has 2 aromatic rings. The Morgan fingerprint density at radius 2 is 2.11 bits per heavy atom. The summed E-state index contributed by atoms with van der Waals surface area (Å²) >= 11 is 0. The third kappa shape index (κ3) is 2.34. The first-order valence-electron chi connectivity index (χ1n) is 6.72. The van der Waals surface area contributed by atoms with Gasteiger partial charge in [-0.15, -0.1) is 0 Å². The zero-order chi connectivity index (χ0) is 13.1. The fourth-order valence-corrected chi connectivity index (χ4v) is 2.72. The van der Waals surface area contributed by atoms with Crippen LogP contribution in [0.4, 0.5) is 0 Å². The van der Waals surface area contributed by atoms with Crippen molar-refractivity contribution in [3.05, 3.63) is 48.2 Å². The van der Waals surface area contributed by atoms with Gasteiger partial charge in [-0.2, -0.15) is 0 Å². The van der Waals surface area contributed by atoms with Gasteiger partial charge in [-0.3, -0.25) is 4.98 Å². The topological polar surface area (TPSA) is 34.1 Å². The molecule has 0 bridgehead atoms. The Labute approximate surface area is 113 Å². The van der Waals surface area contributed by atoms with Crippen LogP contribution < -0.4 is 10.1 Å². The number of hydrogen-bond donors (Lipinski definition) is 1. The summed E-state index contributed by atoms with van der Waals surface area (Å²) in [5.74, 6) is 0.827. The lowest BCUT2D eigenvalue weighted by Crippen LogP contribution is -2.14. The molecule has 1 atom stereocenters. The van der Waals surface area contributed by atoms with Crippen LogP contribution in [0.1, 0.15) is 24.4 Å². The van der Waals surface area contributed by atoms with Crippen molar-refractivity contribution in [2.45, 2.75) is 18.9 Å². The number of methoxy groups -OCH3 is 1. The summed E-state index contributed by atoms with van der Waals surface area (Å²) in [7, 11) is 1.69. The molecule has 19 heavy (non-hydrogen) atoms. The van der Waals surface area contributed by atoms with Gasteiger partial charge in [-0.25, -0.2) is 0 Å². The molecule has 98 valence electrons. The van der Waals surface area contributed by atoms with E-state index >= 15 is 0 Å². The lowest BCUT2D eigenvalue weighted by molar-refractivity contribution is 0.414. The van der Waals surface area contributed by atoms with Crippen LogP contribution in [0, 0.1) is 0 Å². The molecule has 1 aliphatic rings. The van der Waals surface area contributed by atoms with E-state index in [1.807, 2.05) is 18.3 Å². The maximum absolute atomic E-state index is 5.43. The Kier molecular flexibility index (Phi) is 3.47. The van der Waals surface area contributed by atoms with Crippen molar-refractivity contribution in [2.75, 3.05) is 13.7 Å². The van der Waals surface area contributed by atoms with E-state index in [0.717, 1.165) is 18.0 Å². The van der Waals surface area contributed by atoms with Gasteiger partial charge >= 0.3 is 0 Å². The number of nitrogens with zero attached hydrogens (tertiary/aromatic N) is 1. The highest BCUT2D eigenvalue weighted by atomic mass is 16.5. The third-order valence-corrected chi connectivity index (χ3v) is 3.64. The number of pyridine rings is 1. The minimum atomic E-state index is 0.433. The average Bonchev–Trinajstić information content (AvgIpc) is 3.01. The molecule has 0 spiro atoms. The zero-order valence-electron chi connectivity index (χ0n) is 11.1. The van der Waals surface area contributed by atoms with E-state index in [2.05, 4.69) is 34.6 Å². The largest absolute Gasteiger partial charge is 0.494 e. The van der Waals surface area contributed by atoms with Crippen molar-refractivity contribution < 1.29 is 4.74 Å². The Hall–Kier alpha value is -1.87. The third-order valence-electron chi connectivity index (χ3n) is 3.64. The molecule has 1 unspecified atom stereocenters. The van der Waals surface area contributed by atoms with E-state index < -0.39 is 0 Å². The minimum absolute atomic E-state index is 0.433. The van der Waals surface area contributed by atoms with Gasteiger partial charge in [0, 0.05) is 17.8 Å². The number of nitrogens with one attached hydrogen (secondary N) is 1. The highest BCUT2D eigenvalue weighted by molar-refractivity contribution is 5.70. The lowest BCUT2D eigenvalue weighted by Gasteiger charge is -2.16. The van der Waals surface area contributed by atoms with Crippen molar-refractivity contribution in [2.24, 2.45) is 0 Å². The molecule has 0 amide bonds. The van der Waals surface area contributed by atoms with Gasteiger partial charge in [0.1, 0.15) is 11.4 Å². The van der Waals surface area contributed by atoms with Crippen molar-refractivity contribution >= 4 is 0 Å². The molecular weight excluding hydrogens is 236 g/mol. The molecule has 3 rings (SSSR count). The summed E-state index contributed by atoms with van der Waals surface area (Å²) in [6, 6.07) is 12.8. The van der Waals surface area contributed by atoms with E-state index in [9.17, 15) is 0 Å². The first-order chi connectivity index (χ1) is 9.40. The first-order valence-corrected chi connectivity index (χ1v) is 6.72. The lowest BCUT2D eigenvalue weighted by atomic mass is 9.96. The summed E-state index contributed by atoms with van der Waals surface area (Å²) in [6.45, 7) is 1.10. The van der Waals surface area contributed by atoms with Gasteiger partial charge in [0.05, 0.1) is 7.11 Å². The molecule has 1 aromatic heterocycles. The van der Waals surface area contributed by atoms with Crippen molar-refractivity contribution in [3.63, 3.8) is 0 Å². The SMILES string of the molecule is COc1cccnc1-c1ccccc1C1CCCN1. The zero-order valence-corrected chi connectivity index (χ0v) is 11.1. The number of hydrogen-bond acceptors (Lipinski definition) is 3. The Balaban J connectivity index is 2.09. The molecule has 0 saturated carbocycles. The van der Waals surface area contributed by atoms with Gasteiger partial charge in [0.15, 0.2) is 0 Å². The number of aromatic nitrogens is 1. The fraction of sp³-hybridized carbons (Fsp3) is 0.312. The predicted molar refractivity (Wildman–Crippen MR) is 76.2 cm³/mol. The summed E-state index contributed by atoms with van der Waals surface area (Å²) in [5.41, 5.74) is 3.41. The number of ether oxygens (including phenoxy) is 1. The van der Waals surface area contributed by atoms with Crippen LogP contribution in [0.25, 0.3) is 11.3 Å². The molecule has 1 aliphatic heterocycles. The van der Waals surface area contributed by atoms with E-state index in [4.69, 9.17) is 4.74 Å². The monoisotopic (exact) mass is 254 g/mol. The molecule has 0 radical (unpaired) electrons. The van der Waals surface area contributed by atoms with E-state index in [1.54, 1.807) is 7.11 Å². The number of rotatable bonds is 3. The van der Waals surface area contributed by atoms with Crippen molar-refractivity contribution in [1.82, 2.24) is 10.3 Å². The summed E-state index contributed by atoms with van der Waals surface area (Å²) in [4.78, 5) is 4.50. The molecule has 0 aliphatic carbocycles. The van der Waals surface area contributed by atoms with Crippen LogP contribution in [-0.2, 0) is 0 Å². The first kappa shape index (κ1) is 12.2. The Bertz CT molecular complexity index is 562. The van der Waals surface area contributed by atoms with Gasteiger partial charge in [-0.1, -0.05) is 24.3 Å². The van der Waals surface area contributed by atoms with E-state index in [-0.39, 0.29) is 0 Å². The second-order valence-corrected chi connectivity index (χ2v) is 4.79. The van der Waals surface area contributed by atoms with Crippen molar-refractivity contribution in [1.29, 1.82) is 0 Å². The van der Waals surface area contributed by atoms with Crippen LogP contribution in [0.2, 0.25) is 0 Å². The predicted octanol–water partition coefficient (Wildman–Crippen LogP) is 3.18. The van der Waals surface area contributed by atoms with E-state index in [0.29, 0.717) is 6.04 Å². The Morgan fingerprint density at radius 3 is 2.89 bits per heavy atom. The van der Waals surface area contributed by atoms with Crippen LogP contribution in [0.15, 0.2) is 42.6 Å². The van der Waals surface area contributed by atoms with Crippen molar-refractivity contribution in [3.8, 4) is 17.0 Å². The molecule has 3 nitrogen and oxygen atoms in total. The standard InChI is InChI=1S/C16H18N2O/c1-19-15-9-5-11-18-16(15)13-7-3-2-6-12(13)14-8-4-10-17-14/h2-3,5-7,9,11,14,17H,4,8,10H2,1H3. The second-order valence-electron chi connectivity index (χ2n) is 4.79. The minimum Gasteiger partial charge on any atom is -0.494 e. The molecule has 1 N–H and O–H groups in total. The molecule has 1 fully saturated rings. The highest BCUT2D eigenvalue weighted by Gasteiger charge is 2.21. The van der Waals surface area contributed by atoms with E-state index in [1.165, 1.54) is 24.0 Å². The second kappa shape index (κ2) is 5.41. The number of benzene rings is 1. The van der Waals surface area contributed by atoms with Gasteiger partial charge in [-0.05, 0) is 37.1 Å². The van der Waals surface area contributed by atoms with Gasteiger partial charge in [0.25, 0.3) is 0 Å². The molecule has 2 heterocycles. The van der Waals surface area contributed by atoms with Gasteiger partial charge < -0.3 is 10.1 Å². The van der Waals surface area contributed by atoms with Crippen LogP contribution in [-0.4, -0.2) is 18.6 Å². The quantitative estimate of drug-likeness (QED) is 0.913. The molecule has 3 heteroatoms. The van der Waals surface area contributed by atoms with Gasteiger partial charge in [0.2, 0.25) is 0 Å². The highest BCUT2D eigenvalue weighted by Crippen LogP contribution is 2.35. The Morgan fingerprint density at radius 1 is 1.21 bits per heavy atom. The van der Waals surface area contributed by atoms with Crippen LogP contribution >= 0.6 is 0 Å². The maximum Gasteiger partial charge on any atom is 0.145 e. The maximum atomic E-state index is 5.43. The normalized spacial score (nSPS) is 18.5. The summed E-state index contributed by atoms with van der Waals surface area (Å²) < 4.78 is 5.43.